The van der Waals surface area contributed by atoms with Gasteiger partial charge in [0, 0.05) is 6.20 Å². The summed E-state index contributed by atoms with van der Waals surface area (Å²) in [6.45, 7) is 2.79. The minimum absolute atomic E-state index is 0.708. The van der Waals surface area contributed by atoms with Crippen LogP contribution < -0.4 is 5.32 Å². The summed E-state index contributed by atoms with van der Waals surface area (Å²) in [7, 11) is 0. The van der Waals surface area contributed by atoms with E-state index in [2.05, 4.69) is 40.4 Å². The molecular weight excluding hydrogens is 242 g/mol. The smallest absolute Gasteiger partial charge is 0.184 e. The molecule has 0 unspecified atom stereocenters. The van der Waals surface area contributed by atoms with Gasteiger partial charge in [0.15, 0.2) is 5.13 Å². The van der Waals surface area contributed by atoms with Crippen LogP contribution in [0.25, 0.3) is 10.2 Å². The molecule has 2 heterocycles. The van der Waals surface area contributed by atoms with Crippen molar-refractivity contribution >= 4 is 26.7 Å². The number of nitrogens with zero attached hydrogens (tertiary/aromatic N) is 2. The summed E-state index contributed by atoms with van der Waals surface area (Å²) >= 11 is 1.68. The fraction of sp³-hybridized carbons (Fsp3) is 0.143. The van der Waals surface area contributed by atoms with Crippen molar-refractivity contribution in [2.24, 2.45) is 0 Å². The van der Waals surface area contributed by atoms with Crippen LogP contribution in [-0.4, -0.2) is 9.97 Å². The lowest BCUT2D eigenvalue weighted by atomic mass is 10.2. The van der Waals surface area contributed by atoms with Crippen molar-refractivity contribution in [3.63, 3.8) is 0 Å². The Morgan fingerprint density at radius 3 is 3.00 bits per heavy atom. The summed E-state index contributed by atoms with van der Waals surface area (Å²) in [4.78, 5) is 8.84. The molecular formula is C14H13N3S. The van der Waals surface area contributed by atoms with Gasteiger partial charge in [-0.25, -0.2) is 4.98 Å². The zero-order valence-corrected chi connectivity index (χ0v) is 10.9. The lowest BCUT2D eigenvalue weighted by Crippen LogP contribution is -2.00. The highest BCUT2D eigenvalue weighted by Crippen LogP contribution is 2.26. The first-order chi connectivity index (χ1) is 8.81. The maximum absolute atomic E-state index is 4.57. The third-order valence-corrected chi connectivity index (χ3v) is 3.68. The summed E-state index contributed by atoms with van der Waals surface area (Å²) < 4.78 is 1.21. The lowest BCUT2D eigenvalue weighted by Gasteiger charge is -2.00. The van der Waals surface area contributed by atoms with Gasteiger partial charge < -0.3 is 5.32 Å². The SMILES string of the molecule is Cc1ccc2sc(NCc3ccccn3)nc2c1. The quantitative estimate of drug-likeness (QED) is 0.777. The first-order valence-corrected chi connectivity index (χ1v) is 6.64. The summed E-state index contributed by atoms with van der Waals surface area (Å²) in [5.41, 5.74) is 3.32. The average Bonchev–Trinajstić information content (AvgIpc) is 2.79. The second-order valence-electron chi connectivity index (χ2n) is 4.16. The zero-order chi connectivity index (χ0) is 12.4. The second kappa shape index (κ2) is 4.74. The van der Waals surface area contributed by atoms with E-state index in [0.717, 1.165) is 16.3 Å². The summed E-state index contributed by atoms with van der Waals surface area (Å²) in [5.74, 6) is 0. The number of fused-ring (bicyclic) bond motifs is 1. The molecule has 1 aromatic carbocycles. The maximum Gasteiger partial charge on any atom is 0.184 e. The molecule has 0 radical (unpaired) electrons. The molecule has 0 bridgehead atoms. The van der Waals surface area contributed by atoms with Crippen LogP contribution in [0.2, 0.25) is 0 Å². The Kier molecular flexibility index (Phi) is 2.94. The van der Waals surface area contributed by atoms with Crippen LogP contribution in [-0.2, 0) is 6.54 Å². The van der Waals surface area contributed by atoms with Crippen molar-refractivity contribution in [2.45, 2.75) is 13.5 Å². The third-order valence-electron chi connectivity index (χ3n) is 2.69. The number of benzene rings is 1. The number of thiazole rings is 1. The van der Waals surface area contributed by atoms with Gasteiger partial charge in [0.2, 0.25) is 0 Å². The molecule has 0 fully saturated rings. The third kappa shape index (κ3) is 2.33. The number of rotatable bonds is 3. The number of anilines is 1. The summed E-state index contributed by atoms with van der Waals surface area (Å²) in [6.07, 6.45) is 1.80. The van der Waals surface area contributed by atoms with Crippen molar-refractivity contribution in [3.8, 4) is 0 Å². The van der Waals surface area contributed by atoms with Crippen LogP contribution in [0.4, 0.5) is 5.13 Å². The minimum atomic E-state index is 0.708. The first kappa shape index (κ1) is 11.2. The van der Waals surface area contributed by atoms with Gasteiger partial charge in [0.05, 0.1) is 22.5 Å². The standard InChI is InChI=1S/C14H13N3S/c1-10-5-6-13-12(8-10)17-14(18-13)16-9-11-4-2-3-7-15-11/h2-8H,9H2,1H3,(H,16,17). The largest absolute Gasteiger partial charge is 0.356 e. The molecule has 0 aliphatic rings. The number of aromatic nitrogens is 2. The second-order valence-corrected chi connectivity index (χ2v) is 5.20. The van der Waals surface area contributed by atoms with E-state index in [1.165, 1.54) is 10.3 Å². The van der Waals surface area contributed by atoms with Gasteiger partial charge in [-0.3, -0.25) is 4.98 Å². The molecule has 0 saturated carbocycles. The molecule has 2 aromatic heterocycles. The fourth-order valence-corrected chi connectivity index (χ4v) is 2.62. The van der Waals surface area contributed by atoms with Crippen LogP contribution in [0.3, 0.4) is 0 Å². The molecule has 0 spiro atoms. The summed E-state index contributed by atoms with van der Waals surface area (Å²) in [5, 5.41) is 4.26. The monoisotopic (exact) mass is 255 g/mol. The Morgan fingerprint density at radius 1 is 1.22 bits per heavy atom. The van der Waals surface area contributed by atoms with Crippen LogP contribution >= 0.6 is 11.3 Å². The van der Waals surface area contributed by atoms with E-state index in [0.29, 0.717) is 6.54 Å². The molecule has 0 atom stereocenters. The molecule has 90 valence electrons. The van der Waals surface area contributed by atoms with Gasteiger partial charge >= 0.3 is 0 Å². The number of aryl methyl sites for hydroxylation is 1. The van der Waals surface area contributed by atoms with Crippen LogP contribution in [0.15, 0.2) is 42.6 Å². The van der Waals surface area contributed by atoms with Crippen molar-refractivity contribution in [1.29, 1.82) is 0 Å². The molecule has 0 aliphatic carbocycles. The van der Waals surface area contributed by atoms with E-state index in [1.807, 2.05) is 18.2 Å². The zero-order valence-electron chi connectivity index (χ0n) is 10.1. The van der Waals surface area contributed by atoms with Crippen LogP contribution in [0.5, 0.6) is 0 Å². The topological polar surface area (TPSA) is 37.8 Å². The Morgan fingerprint density at radius 2 is 2.17 bits per heavy atom. The average molecular weight is 255 g/mol. The van der Waals surface area contributed by atoms with Gasteiger partial charge in [-0.1, -0.05) is 23.5 Å². The fourth-order valence-electron chi connectivity index (χ4n) is 1.78. The minimum Gasteiger partial charge on any atom is -0.356 e. The van der Waals surface area contributed by atoms with E-state index in [9.17, 15) is 0 Å². The molecule has 0 saturated heterocycles. The molecule has 3 rings (SSSR count). The van der Waals surface area contributed by atoms with E-state index in [-0.39, 0.29) is 0 Å². The van der Waals surface area contributed by atoms with Crippen molar-refractivity contribution in [3.05, 3.63) is 53.9 Å². The Hall–Kier alpha value is -1.94. The van der Waals surface area contributed by atoms with Gasteiger partial charge in [-0.2, -0.15) is 0 Å². The van der Waals surface area contributed by atoms with Gasteiger partial charge in [0.1, 0.15) is 0 Å². The first-order valence-electron chi connectivity index (χ1n) is 5.82. The maximum atomic E-state index is 4.57. The predicted octanol–water partition coefficient (Wildman–Crippen LogP) is 3.61. The van der Waals surface area contributed by atoms with E-state index in [1.54, 1.807) is 17.5 Å². The van der Waals surface area contributed by atoms with E-state index >= 15 is 0 Å². The van der Waals surface area contributed by atoms with E-state index in [4.69, 9.17) is 0 Å². The highest BCUT2D eigenvalue weighted by Gasteiger charge is 2.03. The predicted molar refractivity (Wildman–Crippen MR) is 75.9 cm³/mol. The lowest BCUT2D eigenvalue weighted by molar-refractivity contribution is 1.04. The van der Waals surface area contributed by atoms with Crippen LogP contribution in [0.1, 0.15) is 11.3 Å². The molecule has 3 aromatic rings. The number of pyridine rings is 1. The Labute approximate surface area is 110 Å². The van der Waals surface area contributed by atoms with E-state index < -0.39 is 0 Å². The van der Waals surface area contributed by atoms with Gasteiger partial charge in [0.25, 0.3) is 0 Å². The molecule has 0 amide bonds. The van der Waals surface area contributed by atoms with Gasteiger partial charge in [-0.05, 0) is 36.8 Å². The highest BCUT2D eigenvalue weighted by atomic mass is 32.1. The molecule has 0 aliphatic heterocycles. The Balaban J connectivity index is 1.79. The highest BCUT2D eigenvalue weighted by molar-refractivity contribution is 7.22. The van der Waals surface area contributed by atoms with Crippen LogP contribution in [0, 0.1) is 6.92 Å². The molecule has 1 N–H and O–H groups in total. The summed E-state index contributed by atoms with van der Waals surface area (Å²) in [6, 6.07) is 12.3. The number of nitrogens with one attached hydrogen (secondary N) is 1. The van der Waals surface area contributed by atoms with Gasteiger partial charge in [-0.15, -0.1) is 0 Å². The van der Waals surface area contributed by atoms with Crippen molar-refractivity contribution in [2.75, 3.05) is 5.32 Å². The number of hydrogen-bond acceptors (Lipinski definition) is 4. The molecule has 18 heavy (non-hydrogen) atoms. The molecule has 4 heteroatoms. The van der Waals surface area contributed by atoms with Crippen molar-refractivity contribution in [1.82, 2.24) is 9.97 Å². The normalized spacial score (nSPS) is 10.7. The van der Waals surface area contributed by atoms with Crippen molar-refractivity contribution < 1.29 is 0 Å². The Bertz CT molecular complexity index is 661. The number of hydrogen-bond donors (Lipinski definition) is 1. The molecule has 3 nitrogen and oxygen atoms in total.